The number of hydrogen-bond donors (Lipinski definition) is 0. The molecule has 7 nitrogen and oxygen atoms in total. The first-order valence-corrected chi connectivity index (χ1v) is 7.98. The molecule has 120 valence electrons. The van der Waals surface area contributed by atoms with Gasteiger partial charge in [-0.1, -0.05) is 11.8 Å². The molecule has 3 heterocycles. The molecular weight excluding hydrogens is 318 g/mol. The third-order valence-electron chi connectivity index (χ3n) is 3.15. The summed E-state index contributed by atoms with van der Waals surface area (Å²) >= 11 is 1.42. The van der Waals surface area contributed by atoms with Crippen molar-refractivity contribution in [1.82, 2.24) is 14.8 Å². The molecule has 3 rings (SSSR count). The number of rotatable bonds is 6. The lowest BCUT2D eigenvalue weighted by Crippen LogP contribution is -2.05. The van der Waals surface area contributed by atoms with E-state index in [9.17, 15) is 4.79 Å². The highest BCUT2D eigenvalue weighted by Crippen LogP contribution is 2.27. The Kier molecular flexibility index (Phi) is 4.52. The maximum absolute atomic E-state index is 11.8. The molecule has 23 heavy (non-hydrogen) atoms. The quantitative estimate of drug-likeness (QED) is 0.506. The van der Waals surface area contributed by atoms with Gasteiger partial charge < -0.3 is 18.1 Å². The van der Waals surface area contributed by atoms with Crippen LogP contribution in [-0.2, 0) is 17.5 Å². The van der Waals surface area contributed by atoms with Gasteiger partial charge in [0.25, 0.3) is 0 Å². The third-order valence-corrected chi connectivity index (χ3v) is 4.17. The van der Waals surface area contributed by atoms with Crippen LogP contribution in [-0.4, -0.2) is 27.3 Å². The number of furan rings is 2. The molecule has 3 aromatic heterocycles. The molecule has 3 aromatic rings. The fraction of sp³-hybridized carbons (Fsp3) is 0.267. The maximum atomic E-state index is 11.8. The topological polar surface area (TPSA) is 83.3 Å². The summed E-state index contributed by atoms with van der Waals surface area (Å²) in [5, 5.41) is 8.96. The highest BCUT2D eigenvalue weighted by molar-refractivity contribution is 7.98. The molecule has 0 saturated heterocycles. The van der Waals surface area contributed by atoms with E-state index in [0.29, 0.717) is 40.4 Å². The predicted molar refractivity (Wildman–Crippen MR) is 82.9 cm³/mol. The molecular formula is C15H15N3O4S. The van der Waals surface area contributed by atoms with E-state index in [0.717, 1.165) is 0 Å². The summed E-state index contributed by atoms with van der Waals surface area (Å²) in [6, 6.07) is 5.23. The average Bonchev–Trinajstić information content (AvgIpc) is 3.26. The Bertz CT molecular complexity index is 792. The zero-order valence-corrected chi connectivity index (χ0v) is 13.5. The number of nitrogens with zero attached hydrogens (tertiary/aromatic N) is 3. The van der Waals surface area contributed by atoms with E-state index in [1.165, 1.54) is 18.0 Å². The second kappa shape index (κ2) is 6.74. The van der Waals surface area contributed by atoms with Crippen molar-refractivity contribution < 1.29 is 18.4 Å². The molecule has 0 aliphatic carbocycles. The van der Waals surface area contributed by atoms with Crippen molar-refractivity contribution in [3.8, 4) is 11.6 Å². The average molecular weight is 333 g/mol. The Labute approximate surface area is 136 Å². The summed E-state index contributed by atoms with van der Waals surface area (Å²) in [7, 11) is 1.86. The van der Waals surface area contributed by atoms with Crippen LogP contribution < -0.4 is 0 Å². The van der Waals surface area contributed by atoms with Crippen molar-refractivity contribution in [2.24, 2.45) is 7.05 Å². The molecule has 0 spiro atoms. The van der Waals surface area contributed by atoms with Crippen LogP contribution in [0.4, 0.5) is 0 Å². The van der Waals surface area contributed by atoms with Gasteiger partial charge >= 0.3 is 5.97 Å². The second-order valence-electron chi connectivity index (χ2n) is 4.61. The van der Waals surface area contributed by atoms with Gasteiger partial charge in [-0.15, -0.1) is 10.2 Å². The number of hydrogen-bond acceptors (Lipinski definition) is 7. The van der Waals surface area contributed by atoms with E-state index in [2.05, 4.69) is 10.2 Å². The first kappa shape index (κ1) is 15.4. The molecule has 8 heteroatoms. The molecule has 0 bridgehead atoms. The van der Waals surface area contributed by atoms with E-state index >= 15 is 0 Å². The lowest BCUT2D eigenvalue weighted by Gasteiger charge is -2.03. The highest BCUT2D eigenvalue weighted by Gasteiger charge is 2.18. The van der Waals surface area contributed by atoms with Gasteiger partial charge in [-0.2, -0.15) is 0 Å². The summed E-state index contributed by atoms with van der Waals surface area (Å²) in [6.45, 7) is 2.09. The number of esters is 1. The number of thioether (sulfide) groups is 1. The molecule has 0 atom stereocenters. The minimum Gasteiger partial charge on any atom is -0.468 e. The number of carbonyl (C=O) groups is 1. The fourth-order valence-electron chi connectivity index (χ4n) is 2.03. The Balaban J connectivity index is 1.73. The fourth-order valence-corrected chi connectivity index (χ4v) is 2.90. The van der Waals surface area contributed by atoms with Gasteiger partial charge in [-0.3, -0.25) is 0 Å². The maximum Gasteiger partial charge on any atom is 0.341 e. The zero-order chi connectivity index (χ0) is 16.2. The molecule has 0 radical (unpaired) electrons. The first-order chi connectivity index (χ1) is 11.2. The Morgan fingerprint density at radius 1 is 1.30 bits per heavy atom. The van der Waals surface area contributed by atoms with Crippen LogP contribution >= 0.6 is 11.8 Å². The Morgan fingerprint density at radius 3 is 2.91 bits per heavy atom. The minimum absolute atomic E-state index is 0.326. The molecule has 0 N–H and O–H groups in total. The number of aromatic nitrogens is 3. The Hall–Kier alpha value is -2.48. The van der Waals surface area contributed by atoms with Gasteiger partial charge in [0.05, 0.1) is 24.9 Å². The van der Waals surface area contributed by atoms with Crippen molar-refractivity contribution >= 4 is 17.7 Å². The zero-order valence-electron chi connectivity index (χ0n) is 12.7. The van der Waals surface area contributed by atoms with Crippen LogP contribution in [0.25, 0.3) is 11.6 Å². The molecule has 0 aliphatic heterocycles. The Morgan fingerprint density at radius 2 is 2.17 bits per heavy atom. The molecule has 0 aromatic carbocycles. The van der Waals surface area contributed by atoms with E-state index in [4.69, 9.17) is 13.6 Å². The number of ether oxygens (including phenoxy) is 1. The lowest BCUT2D eigenvalue weighted by molar-refractivity contribution is 0.0524. The van der Waals surface area contributed by atoms with Crippen LogP contribution in [0.15, 0.2) is 44.7 Å². The summed E-state index contributed by atoms with van der Waals surface area (Å²) in [6.07, 6.45) is 3.07. The van der Waals surface area contributed by atoms with Crippen LogP contribution in [0.5, 0.6) is 0 Å². The lowest BCUT2D eigenvalue weighted by atomic mass is 10.3. The van der Waals surface area contributed by atoms with Crippen LogP contribution in [0.1, 0.15) is 23.0 Å². The molecule has 0 unspecified atom stereocenters. The van der Waals surface area contributed by atoms with Crippen molar-refractivity contribution in [2.75, 3.05) is 6.61 Å². The van der Waals surface area contributed by atoms with E-state index in [1.807, 2.05) is 17.7 Å². The normalized spacial score (nSPS) is 10.9. The van der Waals surface area contributed by atoms with Gasteiger partial charge in [0, 0.05) is 7.05 Å². The van der Waals surface area contributed by atoms with Crippen molar-refractivity contribution in [2.45, 2.75) is 17.8 Å². The van der Waals surface area contributed by atoms with E-state index in [-0.39, 0.29) is 5.97 Å². The summed E-state index contributed by atoms with van der Waals surface area (Å²) < 4.78 is 17.5. The first-order valence-electron chi connectivity index (χ1n) is 7.00. The van der Waals surface area contributed by atoms with E-state index < -0.39 is 0 Å². The standard InChI is InChI=1S/C15H15N3O4S/c1-3-20-14(19)10-6-8-22-12(10)9-23-15-17-16-13(18(15)2)11-5-4-7-21-11/h4-8H,3,9H2,1-2H3. The third kappa shape index (κ3) is 3.16. The SMILES string of the molecule is CCOC(=O)c1ccoc1CSc1nnc(-c2ccco2)n1C. The second-order valence-corrected chi connectivity index (χ2v) is 5.55. The minimum atomic E-state index is -0.383. The molecule has 0 saturated carbocycles. The van der Waals surface area contributed by atoms with Crippen LogP contribution in [0.2, 0.25) is 0 Å². The van der Waals surface area contributed by atoms with Gasteiger partial charge in [0.1, 0.15) is 11.3 Å². The monoisotopic (exact) mass is 333 g/mol. The van der Waals surface area contributed by atoms with Crippen molar-refractivity contribution in [3.63, 3.8) is 0 Å². The summed E-state index contributed by atoms with van der Waals surface area (Å²) in [4.78, 5) is 11.8. The molecule has 0 fully saturated rings. The van der Waals surface area contributed by atoms with Gasteiger partial charge in [-0.25, -0.2) is 4.79 Å². The van der Waals surface area contributed by atoms with Gasteiger partial charge in [0.15, 0.2) is 16.7 Å². The molecule has 0 aliphatic rings. The van der Waals surface area contributed by atoms with Gasteiger partial charge in [-0.05, 0) is 25.1 Å². The molecule has 0 amide bonds. The number of carbonyl (C=O) groups excluding carboxylic acids is 1. The van der Waals surface area contributed by atoms with Crippen molar-refractivity contribution in [3.05, 3.63) is 42.0 Å². The van der Waals surface area contributed by atoms with Crippen molar-refractivity contribution in [1.29, 1.82) is 0 Å². The van der Waals surface area contributed by atoms with Crippen LogP contribution in [0, 0.1) is 0 Å². The summed E-state index contributed by atoms with van der Waals surface area (Å²) in [5.74, 6) is 1.91. The van der Waals surface area contributed by atoms with Gasteiger partial charge in [0.2, 0.25) is 0 Å². The largest absolute Gasteiger partial charge is 0.468 e. The predicted octanol–water partition coefficient (Wildman–Crippen LogP) is 3.14. The highest BCUT2D eigenvalue weighted by atomic mass is 32.2. The van der Waals surface area contributed by atoms with Crippen LogP contribution in [0.3, 0.4) is 0 Å². The van der Waals surface area contributed by atoms with E-state index in [1.54, 1.807) is 25.3 Å². The smallest absolute Gasteiger partial charge is 0.341 e. The summed E-state index contributed by atoms with van der Waals surface area (Å²) in [5.41, 5.74) is 0.438.